The third kappa shape index (κ3) is 4.42. The summed E-state index contributed by atoms with van der Waals surface area (Å²) in [6, 6.07) is 0. The molecule has 7 nitrogen and oxygen atoms in total. The number of likely N-dealkylation sites (N-methyl/N-ethyl adjacent to an activating group) is 1. The predicted molar refractivity (Wildman–Crippen MR) is 86.5 cm³/mol. The van der Waals surface area contributed by atoms with Gasteiger partial charge in [-0.15, -0.1) is 0 Å². The van der Waals surface area contributed by atoms with Crippen molar-refractivity contribution in [2.24, 2.45) is 13.0 Å². The van der Waals surface area contributed by atoms with Crippen molar-refractivity contribution in [3.63, 3.8) is 0 Å². The number of aryl methyl sites for hydroxylation is 1. The van der Waals surface area contributed by atoms with Crippen molar-refractivity contribution < 1.29 is 8.42 Å². The van der Waals surface area contributed by atoms with Gasteiger partial charge in [-0.2, -0.15) is 0 Å². The first-order valence-electron chi connectivity index (χ1n) is 7.37. The molecule has 0 amide bonds. The summed E-state index contributed by atoms with van der Waals surface area (Å²) in [6.07, 6.45) is 1.39. The van der Waals surface area contributed by atoms with Gasteiger partial charge in [-0.25, -0.2) is 18.1 Å². The molecule has 1 saturated heterocycles. The molecule has 1 aromatic heterocycles. The summed E-state index contributed by atoms with van der Waals surface area (Å²) in [6.45, 7) is 7.47. The molecular formula is C13H24ClN5O2S. The Hall–Kier alpha value is -0.670. The monoisotopic (exact) mass is 349 g/mol. The Morgan fingerprint density at radius 1 is 1.32 bits per heavy atom. The molecule has 1 aliphatic rings. The molecule has 0 unspecified atom stereocenters. The molecule has 1 fully saturated rings. The number of rotatable bonds is 6. The van der Waals surface area contributed by atoms with Gasteiger partial charge in [0.15, 0.2) is 0 Å². The van der Waals surface area contributed by atoms with Gasteiger partial charge >= 0.3 is 0 Å². The zero-order valence-electron chi connectivity index (χ0n) is 13.3. The highest BCUT2D eigenvalue weighted by Gasteiger charge is 2.23. The minimum absolute atomic E-state index is 0.108. The Balaban J connectivity index is 1.85. The first-order valence-corrected chi connectivity index (χ1v) is 9.23. The number of hydrogen-bond acceptors (Lipinski definition) is 5. The highest BCUT2D eigenvalue weighted by atomic mass is 35.5. The topological polar surface area (TPSA) is 70.5 Å². The van der Waals surface area contributed by atoms with Gasteiger partial charge in [0.1, 0.15) is 5.15 Å². The number of halogens is 1. The number of aromatic nitrogens is 2. The van der Waals surface area contributed by atoms with Crippen molar-refractivity contribution in [2.75, 3.05) is 46.3 Å². The van der Waals surface area contributed by atoms with Crippen molar-refractivity contribution in [3.8, 4) is 0 Å². The SMILES string of the molecule is C[C@@H](CNS(=O)(=O)c1ncn(C)c1Cl)CN1CCN(C)CC1. The van der Waals surface area contributed by atoms with Crippen LogP contribution in [-0.4, -0.2) is 74.1 Å². The molecule has 1 atom stereocenters. The lowest BCUT2D eigenvalue weighted by Crippen LogP contribution is -2.46. The van der Waals surface area contributed by atoms with Gasteiger partial charge in [0.2, 0.25) is 5.03 Å². The second kappa shape index (κ2) is 7.27. The average Bonchev–Trinajstić information content (AvgIpc) is 2.80. The van der Waals surface area contributed by atoms with E-state index in [0.717, 1.165) is 32.7 Å². The van der Waals surface area contributed by atoms with E-state index in [-0.39, 0.29) is 16.1 Å². The minimum atomic E-state index is -3.66. The Morgan fingerprint density at radius 3 is 2.50 bits per heavy atom. The minimum Gasteiger partial charge on any atom is -0.324 e. The molecule has 126 valence electrons. The number of piperazine rings is 1. The summed E-state index contributed by atoms with van der Waals surface area (Å²) >= 11 is 5.95. The fourth-order valence-electron chi connectivity index (χ4n) is 2.43. The van der Waals surface area contributed by atoms with Gasteiger partial charge in [-0.05, 0) is 13.0 Å². The Labute approximate surface area is 137 Å². The van der Waals surface area contributed by atoms with E-state index in [1.807, 2.05) is 6.92 Å². The molecule has 0 bridgehead atoms. The van der Waals surface area contributed by atoms with Gasteiger partial charge in [-0.3, -0.25) is 0 Å². The van der Waals surface area contributed by atoms with Crippen LogP contribution < -0.4 is 4.72 Å². The fourth-order valence-corrected chi connectivity index (χ4v) is 4.02. The van der Waals surface area contributed by atoms with E-state index >= 15 is 0 Å². The summed E-state index contributed by atoms with van der Waals surface area (Å²) in [5.74, 6) is 0.223. The number of nitrogens with zero attached hydrogens (tertiary/aromatic N) is 4. The van der Waals surface area contributed by atoms with Crippen molar-refractivity contribution in [3.05, 3.63) is 11.5 Å². The van der Waals surface area contributed by atoms with Crippen LogP contribution in [0.4, 0.5) is 0 Å². The Morgan fingerprint density at radius 2 is 1.95 bits per heavy atom. The standard InChI is InChI=1S/C13H24ClN5O2S/c1-11(9-19-6-4-17(2)5-7-19)8-16-22(20,21)13-12(14)18(3)10-15-13/h10-11,16H,4-9H2,1-3H3/t11-/m0/s1. The largest absolute Gasteiger partial charge is 0.324 e. The van der Waals surface area contributed by atoms with Crippen LogP contribution in [0.25, 0.3) is 0 Å². The summed E-state index contributed by atoms with van der Waals surface area (Å²) in [7, 11) is 0.118. The van der Waals surface area contributed by atoms with Gasteiger partial charge in [0.05, 0.1) is 6.33 Å². The maximum absolute atomic E-state index is 12.2. The average molecular weight is 350 g/mol. The normalized spacial score (nSPS) is 19.5. The third-order valence-electron chi connectivity index (χ3n) is 3.88. The molecule has 22 heavy (non-hydrogen) atoms. The molecule has 9 heteroatoms. The van der Waals surface area contributed by atoms with Crippen LogP contribution in [0, 0.1) is 5.92 Å². The van der Waals surface area contributed by atoms with Gasteiger partial charge in [-0.1, -0.05) is 18.5 Å². The van der Waals surface area contributed by atoms with Crippen LogP contribution >= 0.6 is 11.6 Å². The molecule has 1 aromatic rings. The number of hydrogen-bond donors (Lipinski definition) is 1. The van der Waals surface area contributed by atoms with Gasteiger partial charge < -0.3 is 14.4 Å². The number of sulfonamides is 1. The molecule has 0 spiro atoms. The molecule has 1 aliphatic heterocycles. The first kappa shape index (κ1) is 17.7. The second-order valence-electron chi connectivity index (χ2n) is 6.01. The van der Waals surface area contributed by atoms with Gasteiger partial charge in [0, 0.05) is 46.3 Å². The molecule has 2 rings (SSSR count). The molecule has 0 aliphatic carbocycles. The van der Waals surface area contributed by atoms with Crippen molar-refractivity contribution in [2.45, 2.75) is 11.9 Å². The third-order valence-corrected chi connectivity index (χ3v) is 5.79. The van der Waals surface area contributed by atoms with Crippen LogP contribution in [0.2, 0.25) is 5.15 Å². The molecule has 0 radical (unpaired) electrons. The molecule has 0 aromatic carbocycles. The highest BCUT2D eigenvalue weighted by molar-refractivity contribution is 7.89. The fraction of sp³-hybridized carbons (Fsp3) is 0.769. The predicted octanol–water partition coefficient (Wildman–Crippen LogP) is 0.235. The van der Waals surface area contributed by atoms with Crippen molar-refractivity contribution in [1.29, 1.82) is 0 Å². The Kier molecular flexibility index (Phi) is 5.84. The van der Waals surface area contributed by atoms with Crippen LogP contribution in [0.5, 0.6) is 0 Å². The lowest BCUT2D eigenvalue weighted by molar-refractivity contribution is 0.139. The van der Waals surface area contributed by atoms with E-state index in [9.17, 15) is 8.42 Å². The maximum atomic E-state index is 12.2. The van der Waals surface area contributed by atoms with E-state index < -0.39 is 10.0 Å². The maximum Gasteiger partial charge on any atom is 0.261 e. The quantitative estimate of drug-likeness (QED) is 0.796. The summed E-state index contributed by atoms with van der Waals surface area (Å²) in [4.78, 5) is 8.52. The lowest BCUT2D eigenvalue weighted by Gasteiger charge is -2.33. The van der Waals surface area contributed by atoms with Crippen LogP contribution in [0.3, 0.4) is 0 Å². The van der Waals surface area contributed by atoms with E-state index in [1.54, 1.807) is 7.05 Å². The lowest BCUT2D eigenvalue weighted by atomic mass is 10.1. The zero-order valence-corrected chi connectivity index (χ0v) is 14.9. The first-order chi connectivity index (χ1) is 10.3. The van der Waals surface area contributed by atoms with E-state index in [4.69, 9.17) is 11.6 Å². The smallest absolute Gasteiger partial charge is 0.261 e. The molecular weight excluding hydrogens is 326 g/mol. The van der Waals surface area contributed by atoms with Crippen molar-refractivity contribution >= 4 is 21.6 Å². The second-order valence-corrected chi connectivity index (χ2v) is 8.05. The number of nitrogens with one attached hydrogen (secondary N) is 1. The Bertz CT molecular complexity index is 596. The van der Waals surface area contributed by atoms with Crippen molar-refractivity contribution in [1.82, 2.24) is 24.1 Å². The van der Waals surface area contributed by atoms with E-state index in [2.05, 4.69) is 26.6 Å². The van der Waals surface area contributed by atoms with Crippen LogP contribution in [-0.2, 0) is 17.1 Å². The van der Waals surface area contributed by atoms with Crippen LogP contribution in [0.15, 0.2) is 11.4 Å². The van der Waals surface area contributed by atoms with E-state index in [1.165, 1.54) is 10.9 Å². The number of imidazole rings is 1. The van der Waals surface area contributed by atoms with Crippen LogP contribution in [0.1, 0.15) is 6.92 Å². The summed E-state index contributed by atoms with van der Waals surface area (Å²) < 4.78 is 28.5. The summed E-state index contributed by atoms with van der Waals surface area (Å²) in [5.41, 5.74) is 0. The highest BCUT2D eigenvalue weighted by Crippen LogP contribution is 2.18. The van der Waals surface area contributed by atoms with E-state index in [0.29, 0.717) is 6.54 Å². The molecule has 0 saturated carbocycles. The summed E-state index contributed by atoms with van der Waals surface area (Å²) in [5, 5.41) is 0.0164. The molecule has 1 N–H and O–H groups in total. The molecule has 2 heterocycles. The zero-order chi connectivity index (χ0) is 16.3. The van der Waals surface area contributed by atoms with Gasteiger partial charge in [0.25, 0.3) is 10.0 Å².